The summed E-state index contributed by atoms with van der Waals surface area (Å²) in [6, 6.07) is 6.13. The molecule has 3 atom stereocenters. The zero-order chi connectivity index (χ0) is 24.9. The average Bonchev–Trinajstić information content (AvgIpc) is 2.79. The molecule has 188 valence electrons. The van der Waals surface area contributed by atoms with Gasteiger partial charge in [0.15, 0.2) is 0 Å². The zero-order valence-corrected chi connectivity index (χ0v) is 21.4. The van der Waals surface area contributed by atoms with Crippen LogP contribution in [0.2, 0.25) is 0 Å². The Morgan fingerprint density at radius 1 is 1.15 bits per heavy atom. The Morgan fingerprint density at radius 2 is 1.79 bits per heavy atom. The molecule has 0 saturated carbocycles. The van der Waals surface area contributed by atoms with Gasteiger partial charge in [-0.2, -0.15) is 0 Å². The maximum Gasteiger partial charge on any atom is 0.240 e. The molecule has 2 aliphatic rings. The van der Waals surface area contributed by atoms with E-state index in [1.807, 2.05) is 4.90 Å². The number of hydrogen-bond donors (Lipinski definition) is 2. The van der Waals surface area contributed by atoms with Crippen LogP contribution >= 0.6 is 0 Å². The van der Waals surface area contributed by atoms with Crippen molar-refractivity contribution in [2.45, 2.75) is 45.4 Å². The Labute approximate surface area is 203 Å². The molecule has 2 amide bonds. The lowest BCUT2D eigenvalue weighted by Gasteiger charge is -2.38. The third kappa shape index (κ3) is 6.90. The number of rotatable bonds is 8. The van der Waals surface area contributed by atoms with Gasteiger partial charge in [0.05, 0.1) is 18.1 Å². The molecule has 1 aromatic carbocycles. The van der Waals surface area contributed by atoms with Crippen molar-refractivity contribution >= 4 is 27.5 Å². The number of carbonyl (C=O) groups excluding carboxylic acids is 2. The van der Waals surface area contributed by atoms with Gasteiger partial charge in [-0.1, -0.05) is 25.5 Å². The molecule has 1 aliphatic heterocycles. The predicted molar refractivity (Wildman–Crippen MR) is 132 cm³/mol. The molecule has 9 heteroatoms. The zero-order valence-electron chi connectivity index (χ0n) is 20.5. The highest BCUT2D eigenvalue weighted by molar-refractivity contribution is 7.89. The SMILES string of the molecule is CC(=O)Nc1ccc(S(=O)(=O)NCC2C=C(C)C(CC(=O)N3CCOCC3)CC2C(C)C)cc1. The topological polar surface area (TPSA) is 105 Å². The molecular formula is C25H37N3O5S. The van der Waals surface area contributed by atoms with Crippen LogP contribution in [0.3, 0.4) is 0 Å². The number of hydrogen-bond acceptors (Lipinski definition) is 5. The standard InChI is InChI=1S/C25H37N3O5S/c1-17(2)24-14-20(15-25(30)28-9-11-33-12-10-28)18(3)13-21(24)16-26-34(31,32)23-7-5-22(6-8-23)27-19(4)29/h5-8,13,17,20-21,24,26H,9-12,14-16H2,1-4H3,(H,27,29). The van der Waals surface area contributed by atoms with Crippen LogP contribution in [-0.4, -0.2) is 58.0 Å². The summed E-state index contributed by atoms with van der Waals surface area (Å²) in [5.74, 6) is 0.830. The molecule has 34 heavy (non-hydrogen) atoms. The van der Waals surface area contributed by atoms with Gasteiger partial charge in [0.1, 0.15) is 0 Å². The van der Waals surface area contributed by atoms with Crippen molar-refractivity contribution in [2.24, 2.45) is 23.7 Å². The molecule has 1 aromatic rings. The summed E-state index contributed by atoms with van der Waals surface area (Å²) in [7, 11) is -3.68. The fourth-order valence-corrected chi connectivity index (χ4v) is 5.94. The summed E-state index contributed by atoms with van der Waals surface area (Å²) in [6.07, 6.45) is 3.52. The van der Waals surface area contributed by atoms with Gasteiger partial charge in [-0.3, -0.25) is 9.59 Å². The summed E-state index contributed by atoms with van der Waals surface area (Å²) < 4.78 is 33.9. The number of sulfonamides is 1. The van der Waals surface area contributed by atoms with Gasteiger partial charge in [0.2, 0.25) is 21.8 Å². The number of benzene rings is 1. The number of carbonyl (C=O) groups is 2. The first-order chi connectivity index (χ1) is 16.1. The predicted octanol–water partition coefficient (Wildman–Crippen LogP) is 3.03. The van der Waals surface area contributed by atoms with E-state index in [1.165, 1.54) is 19.1 Å². The number of nitrogens with zero attached hydrogens (tertiary/aromatic N) is 1. The smallest absolute Gasteiger partial charge is 0.240 e. The highest BCUT2D eigenvalue weighted by Crippen LogP contribution is 2.39. The van der Waals surface area contributed by atoms with Crippen LogP contribution in [0, 0.1) is 23.7 Å². The van der Waals surface area contributed by atoms with Crippen molar-refractivity contribution in [1.82, 2.24) is 9.62 Å². The third-order valence-corrected chi connectivity index (χ3v) is 8.30. The molecule has 0 bridgehead atoms. The monoisotopic (exact) mass is 491 g/mol. The Balaban J connectivity index is 1.66. The maximum absolute atomic E-state index is 12.9. The normalized spacial score (nSPS) is 23.5. The molecule has 1 aliphatic carbocycles. The van der Waals surface area contributed by atoms with Crippen molar-refractivity contribution in [2.75, 3.05) is 38.2 Å². The van der Waals surface area contributed by atoms with E-state index in [9.17, 15) is 18.0 Å². The van der Waals surface area contributed by atoms with Gasteiger partial charge in [-0.25, -0.2) is 13.1 Å². The molecular weight excluding hydrogens is 454 g/mol. The van der Waals surface area contributed by atoms with E-state index in [-0.39, 0.29) is 34.5 Å². The quantitative estimate of drug-likeness (QED) is 0.544. The largest absolute Gasteiger partial charge is 0.378 e. The minimum atomic E-state index is -3.68. The van der Waals surface area contributed by atoms with Crippen molar-refractivity contribution in [3.63, 3.8) is 0 Å². The molecule has 8 nitrogen and oxygen atoms in total. The molecule has 0 aromatic heterocycles. The van der Waals surface area contributed by atoms with Crippen molar-refractivity contribution in [1.29, 1.82) is 0 Å². The molecule has 1 saturated heterocycles. The number of anilines is 1. The molecule has 3 unspecified atom stereocenters. The van der Waals surface area contributed by atoms with E-state index in [4.69, 9.17) is 4.74 Å². The lowest BCUT2D eigenvalue weighted by molar-refractivity contribution is -0.136. The van der Waals surface area contributed by atoms with Gasteiger partial charge in [-0.05, 0) is 61.3 Å². The highest BCUT2D eigenvalue weighted by atomic mass is 32.2. The van der Waals surface area contributed by atoms with Crippen molar-refractivity contribution in [3.8, 4) is 0 Å². The van der Waals surface area contributed by atoms with Gasteiger partial charge in [-0.15, -0.1) is 0 Å². The lowest BCUT2D eigenvalue weighted by Crippen LogP contribution is -2.42. The Hall–Kier alpha value is -2.23. The number of ether oxygens (including phenoxy) is 1. The van der Waals surface area contributed by atoms with Gasteiger partial charge in [0.25, 0.3) is 0 Å². The fraction of sp³-hybridized carbons (Fsp3) is 0.600. The van der Waals surface area contributed by atoms with Crippen LogP contribution in [0.5, 0.6) is 0 Å². The van der Waals surface area contributed by atoms with Gasteiger partial charge < -0.3 is 15.0 Å². The average molecular weight is 492 g/mol. The van der Waals surface area contributed by atoms with Crippen molar-refractivity contribution in [3.05, 3.63) is 35.9 Å². The highest BCUT2D eigenvalue weighted by Gasteiger charge is 2.34. The first kappa shape index (κ1) is 26.4. The van der Waals surface area contributed by atoms with Gasteiger partial charge >= 0.3 is 0 Å². The van der Waals surface area contributed by atoms with Crippen LogP contribution < -0.4 is 10.0 Å². The Kier molecular flexibility index (Phi) is 8.89. The van der Waals surface area contributed by atoms with E-state index in [2.05, 4.69) is 36.9 Å². The molecule has 3 rings (SSSR count). The van der Waals surface area contributed by atoms with Crippen LogP contribution in [0.4, 0.5) is 5.69 Å². The summed E-state index contributed by atoms with van der Waals surface area (Å²) in [6.45, 7) is 10.6. The van der Waals surface area contributed by atoms with E-state index < -0.39 is 10.0 Å². The summed E-state index contributed by atoms with van der Waals surface area (Å²) in [5, 5.41) is 2.63. The number of allylic oxidation sites excluding steroid dienone is 1. The third-order valence-electron chi connectivity index (χ3n) is 6.86. The van der Waals surface area contributed by atoms with Crippen LogP contribution in [0.15, 0.2) is 40.8 Å². The first-order valence-electron chi connectivity index (χ1n) is 12.0. The van der Waals surface area contributed by atoms with E-state index in [0.717, 1.165) is 12.0 Å². The summed E-state index contributed by atoms with van der Waals surface area (Å²) in [4.78, 5) is 26.0. The number of nitrogens with one attached hydrogen (secondary N) is 2. The summed E-state index contributed by atoms with van der Waals surface area (Å²) >= 11 is 0. The number of morpholine rings is 1. The number of amides is 2. The molecule has 2 N–H and O–H groups in total. The lowest BCUT2D eigenvalue weighted by atomic mass is 9.70. The molecule has 0 spiro atoms. The minimum absolute atomic E-state index is 0.0585. The molecule has 1 fully saturated rings. The second-order valence-corrected chi connectivity index (χ2v) is 11.4. The maximum atomic E-state index is 12.9. The molecule has 1 heterocycles. The van der Waals surface area contributed by atoms with Crippen molar-refractivity contribution < 1.29 is 22.7 Å². The first-order valence-corrected chi connectivity index (χ1v) is 13.5. The second kappa shape index (κ2) is 11.5. The Morgan fingerprint density at radius 3 is 2.38 bits per heavy atom. The van der Waals surface area contributed by atoms with Crippen LogP contribution in [0.25, 0.3) is 0 Å². The molecule has 0 radical (unpaired) electrons. The van der Waals surface area contributed by atoms with Crippen LogP contribution in [0.1, 0.15) is 40.5 Å². The van der Waals surface area contributed by atoms with E-state index in [0.29, 0.717) is 50.9 Å². The summed E-state index contributed by atoms with van der Waals surface area (Å²) in [5.41, 5.74) is 1.71. The van der Waals surface area contributed by atoms with Crippen LogP contribution in [-0.2, 0) is 24.3 Å². The Bertz CT molecular complexity index is 998. The second-order valence-electron chi connectivity index (χ2n) is 9.67. The van der Waals surface area contributed by atoms with Gasteiger partial charge in [0, 0.05) is 38.7 Å². The fourth-order valence-electron chi connectivity index (χ4n) is 4.87. The minimum Gasteiger partial charge on any atom is -0.378 e. The van der Waals surface area contributed by atoms with E-state index in [1.54, 1.807) is 12.1 Å². The van der Waals surface area contributed by atoms with E-state index >= 15 is 0 Å².